The molecule has 1 amide bonds. The SMILES string of the molecule is CCCc1c(-c2ccc(C#N)cc2)c(C(N)=O)c(C)n1CCc1ccc(OC)cc1. The molecule has 0 aliphatic rings. The monoisotopic (exact) mass is 401 g/mol. The fraction of sp³-hybridized carbons (Fsp3) is 0.280. The number of rotatable bonds is 8. The summed E-state index contributed by atoms with van der Waals surface area (Å²) in [4.78, 5) is 12.4. The summed E-state index contributed by atoms with van der Waals surface area (Å²) in [7, 11) is 1.66. The lowest BCUT2D eigenvalue weighted by Crippen LogP contribution is -2.14. The number of methoxy groups -OCH3 is 1. The van der Waals surface area contributed by atoms with Gasteiger partial charge < -0.3 is 15.0 Å². The minimum atomic E-state index is -0.424. The van der Waals surface area contributed by atoms with Crippen molar-refractivity contribution in [2.45, 2.75) is 39.7 Å². The molecule has 0 saturated carbocycles. The van der Waals surface area contributed by atoms with Gasteiger partial charge in [0.2, 0.25) is 0 Å². The average molecular weight is 402 g/mol. The van der Waals surface area contributed by atoms with Gasteiger partial charge in [-0.3, -0.25) is 4.79 Å². The average Bonchev–Trinajstić information content (AvgIpc) is 3.04. The molecule has 0 spiro atoms. The molecule has 1 heterocycles. The first-order chi connectivity index (χ1) is 14.5. The molecule has 30 heavy (non-hydrogen) atoms. The molecule has 0 saturated heterocycles. The summed E-state index contributed by atoms with van der Waals surface area (Å²) in [6.45, 7) is 4.84. The Bertz CT molecular complexity index is 1070. The van der Waals surface area contributed by atoms with Crippen LogP contribution in [0.15, 0.2) is 48.5 Å². The van der Waals surface area contributed by atoms with E-state index in [0.717, 1.165) is 54.1 Å². The minimum Gasteiger partial charge on any atom is -0.497 e. The Labute approximate surface area is 177 Å². The van der Waals surface area contributed by atoms with E-state index in [1.807, 2.05) is 31.2 Å². The molecule has 0 atom stereocenters. The number of hydrogen-bond acceptors (Lipinski definition) is 3. The Balaban J connectivity index is 2.05. The molecule has 5 nitrogen and oxygen atoms in total. The lowest BCUT2D eigenvalue weighted by molar-refractivity contribution is 0.1000. The van der Waals surface area contributed by atoms with Gasteiger partial charge in [-0.05, 0) is 55.2 Å². The molecule has 1 aromatic heterocycles. The number of amides is 1. The zero-order chi connectivity index (χ0) is 21.7. The van der Waals surface area contributed by atoms with E-state index in [0.29, 0.717) is 11.1 Å². The van der Waals surface area contributed by atoms with E-state index in [1.54, 1.807) is 19.2 Å². The lowest BCUT2D eigenvalue weighted by atomic mass is 9.97. The van der Waals surface area contributed by atoms with Crippen molar-refractivity contribution in [1.82, 2.24) is 4.57 Å². The first-order valence-corrected chi connectivity index (χ1v) is 10.1. The van der Waals surface area contributed by atoms with Crippen LogP contribution in [0, 0.1) is 18.3 Å². The molecule has 0 bridgehead atoms. The molecule has 2 N–H and O–H groups in total. The number of aromatic nitrogens is 1. The first kappa shape index (κ1) is 21.2. The van der Waals surface area contributed by atoms with E-state index in [1.165, 1.54) is 5.56 Å². The molecule has 2 aromatic carbocycles. The van der Waals surface area contributed by atoms with Crippen LogP contribution in [-0.2, 0) is 19.4 Å². The predicted molar refractivity (Wildman–Crippen MR) is 119 cm³/mol. The van der Waals surface area contributed by atoms with Gasteiger partial charge in [0.05, 0.1) is 24.3 Å². The molecular weight excluding hydrogens is 374 g/mol. The zero-order valence-corrected chi connectivity index (χ0v) is 17.7. The van der Waals surface area contributed by atoms with Crippen molar-refractivity contribution < 1.29 is 9.53 Å². The maximum atomic E-state index is 12.4. The Hall–Kier alpha value is -3.52. The van der Waals surface area contributed by atoms with Crippen LogP contribution in [0.1, 0.15) is 46.2 Å². The summed E-state index contributed by atoms with van der Waals surface area (Å²) in [5.74, 6) is 0.411. The fourth-order valence-electron chi connectivity index (χ4n) is 3.95. The van der Waals surface area contributed by atoms with E-state index in [2.05, 4.69) is 29.7 Å². The van der Waals surface area contributed by atoms with E-state index >= 15 is 0 Å². The molecule has 154 valence electrons. The standard InChI is InChI=1S/C25H27N3O2/c1-4-5-22-24(20-10-6-19(16-26)7-11-20)23(25(27)29)17(2)28(22)15-14-18-8-12-21(30-3)13-9-18/h6-13H,4-5,14-15H2,1-3H3,(H2,27,29). The lowest BCUT2D eigenvalue weighted by Gasteiger charge is -2.13. The number of primary amides is 1. The number of hydrogen-bond donors (Lipinski definition) is 1. The number of benzene rings is 2. The third-order valence-electron chi connectivity index (χ3n) is 5.45. The van der Waals surface area contributed by atoms with Crippen molar-refractivity contribution in [2.75, 3.05) is 7.11 Å². The van der Waals surface area contributed by atoms with Crippen LogP contribution in [0.25, 0.3) is 11.1 Å². The fourth-order valence-corrected chi connectivity index (χ4v) is 3.95. The van der Waals surface area contributed by atoms with Crippen molar-refractivity contribution in [3.63, 3.8) is 0 Å². The Kier molecular flexibility index (Phi) is 6.58. The van der Waals surface area contributed by atoms with Crippen LogP contribution in [0.4, 0.5) is 0 Å². The van der Waals surface area contributed by atoms with Crippen molar-refractivity contribution in [2.24, 2.45) is 5.73 Å². The largest absolute Gasteiger partial charge is 0.497 e. The maximum Gasteiger partial charge on any atom is 0.251 e. The second-order valence-corrected chi connectivity index (χ2v) is 7.34. The Morgan fingerprint density at radius 3 is 2.30 bits per heavy atom. The first-order valence-electron chi connectivity index (χ1n) is 10.1. The van der Waals surface area contributed by atoms with Crippen molar-refractivity contribution in [3.05, 3.63) is 76.6 Å². The molecule has 0 aliphatic heterocycles. The van der Waals surface area contributed by atoms with Gasteiger partial charge in [-0.2, -0.15) is 5.26 Å². The van der Waals surface area contributed by atoms with E-state index in [4.69, 9.17) is 15.7 Å². The van der Waals surface area contributed by atoms with Gasteiger partial charge in [-0.15, -0.1) is 0 Å². The highest BCUT2D eigenvalue weighted by atomic mass is 16.5. The smallest absolute Gasteiger partial charge is 0.251 e. The molecule has 3 rings (SSSR count). The van der Waals surface area contributed by atoms with Crippen LogP contribution >= 0.6 is 0 Å². The van der Waals surface area contributed by atoms with Crippen molar-refractivity contribution in [1.29, 1.82) is 5.26 Å². The Morgan fingerprint density at radius 1 is 1.10 bits per heavy atom. The van der Waals surface area contributed by atoms with E-state index < -0.39 is 5.91 Å². The van der Waals surface area contributed by atoms with Gasteiger partial charge in [-0.25, -0.2) is 0 Å². The van der Waals surface area contributed by atoms with Gasteiger partial charge in [0.15, 0.2) is 0 Å². The second-order valence-electron chi connectivity index (χ2n) is 7.34. The van der Waals surface area contributed by atoms with Crippen molar-refractivity contribution in [3.8, 4) is 22.9 Å². The second kappa shape index (κ2) is 9.32. The predicted octanol–water partition coefficient (Wildman–Crippen LogP) is 4.64. The third-order valence-corrected chi connectivity index (χ3v) is 5.45. The summed E-state index contributed by atoms with van der Waals surface area (Å²) in [5, 5.41) is 9.10. The number of nitriles is 1. The summed E-state index contributed by atoms with van der Waals surface area (Å²) < 4.78 is 7.46. The van der Waals surface area contributed by atoms with E-state index in [9.17, 15) is 4.79 Å². The molecule has 0 aliphatic carbocycles. The zero-order valence-electron chi connectivity index (χ0n) is 17.7. The number of aryl methyl sites for hydroxylation is 1. The van der Waals surface area contributed by atoms with Crippen LogP contribution in [0.2, 0.25) is 0 Å². The number of ether oxygens (including phenoxy) is 1. The number of carbonyl (C=O) groups is 1. The summed E-state index contributed by atoms with van der Waals surface area (Å²) in [6.07, 6.45) is 2.63. The highest BCUT2D eigenvalue weighted by Gasteiger charge is 2.24. The summed E-state index contributed by atoms with van der Waals surface area (Å²) >= 11 is 0. The number of carbonyl (C=O) groups excluding carboxylic acids is 1. The number of nitrogens with two attached hydrogens (primary N) is 1. The third kappa shape index (κ3) is 4.23. The topological polar surface area (TPSA) is 81.0 Å². The van der Waals surface area contributed by atoms with E-state index in [-0.39, 0.29) is 0 Å². The minimum absolute atomic E-state index is 0.424. The molecule has 0 unspecified atom stereocenters. The molecule has 3 aromatic rings. The van der Waals surface area contributed by atoms with Crippen LogP contribution < -0.4 is 10.5 Å². The molecule has 5 heteroatoms. The van der Waals surface area contributed by atoms with Gasteiger partial charge >= 0.3 is 0 Å². The van der Waals surface area contributed by atoms with Crippen LogP contribution in [0.5, 0.6) is 5.75 Å². The quantitative estimate of drug-likeness (QED) is 0.597. The van der Waals surface area contributed by atoms with Gasteiger partial charge in [0.1, 0.15) is 5.75 Å². The molecular formula is C25H27N3O2. The highest BCUT2D eigenvalue weighted by molar-refractivity contribution is 6.02. The van der Waals surface area contributed by atoms with Gasteiger partial charge in [0, 0.05) is 23.5 Å². The van der Waals surface area contributed by atoms with Crippen molar-refractivity contribution >= 4 is 5.91 Å². The van der Waals surface area contributed by atoms with Gasteiger partial charge in [-0.1, -0.05) is 37.6 Å². The van der Waals surface area contributed by atoms with Crippen LogP contribution in [0.3, 0.4) is 0 Å². The highest BCUT2D eigenvalue weighted by Crippen LogP contribution is 2.34. The molecule has 0 fully saturated rings. The van der Waals surface area contributed by atoms with Crippen LogP contribution in [-0.4, -0.2) is 17.6 Å². The number of nitrogens with zero attached hydrogens (tertiary/aromatic N) is 2. The normalized spacial score (nSPS) is 10.6. The maximum absolute atomic E-state index is 12.4. The van der Waals surface area contributed by atoms with Gasteiger partial charge in [0.25, 0.3) is 5.91 Å². The summed E-state index contributed by atoms with van der Waals surface area (Å²) in [6, 6.07) is 17.5. The summed E-state index contributed by atoms with van der Waals surface area (Å²) in [5.41, 5.74) is 12.0. The Morgan fingerprint density at radius 2 is 1.77 bits per heavy atom. The molecule has 0 radical (unpaired) electrons.